The monoisotopic (exact) mass is 289 g/mol. The number of benzene rings is 1. The Morgan fingerprint density at radius 2 is 2.20 bits per heavy atom. The van der Waals surface area contributed by atoms with E-state index in [2.05, 4.69) is 12.2 Å². The summed E-state index contributed by atoms with van der Waals surface area (Å²) in [5.41, 5.74) is 0.959. The average molecular weight is 289 g/mol. The highest BCUT2D eigenvalue weighted by atomic mass is 32.1. The van der Waals surface area contributed by atoms with E-state index in [1.54, 1.807) is 18.4 Å². The number of carbonyl (C=O) groups excluding carboxylic acids is 1. The van der Waals surface area contributed by atoms with Crippen LogP contribution in [0.3, 0.4) is 0 Å². The van der Waals surface area contributed by atoms with Crippen LogP contribution in [-0.4, -0.2) is 19.6 Å². The lowest BCUT2D eigenvalue weighted by Gasteiger charge is -2.15. The van der Waals surface area contributed by atoms with Crippen molar-refractivity contribution in [2.45, 2.75) is 19.3 Å². The summed E-state index contributed by atoms with van der Waals surface area (Å²) in [6.45, 7) is 2.76. The topological polar surface area (TPSA) is 38.3 Å². The second-order valence-corrected chi connectivity index (χ2v) is 5.46. The Morgan fingerprint density at radius 3 is 2.85 bits per heavy atom. The summed E-state index contributed by atoms with van der Waals surface area (Å²) in [6, 6.07) is 11.7. The summed E-state index contributed by atoms with van der Waals surface area (Å²) in [4.78, 5) is 13.2. The summed E-state index contributed by atoms with van der Waals surface area (Å²) < 4.78 is 5.65. The van der Waals surface area contributed by atoms with Crippen LogP contribution in [0, 0.1) is 0 Å². The fourth-order valence-corrected chi connectivity index (χ4v) is 2.90. The first-order valence-electron chi connectivity index (χ1n) is 6.74. The van der Waals surface area contributed by atoms with Gasteiger partial charge in [0.25, 0.3) is 0 Å². The molecule has 0 saturated carbocycles. The Balaban J connectivity index is 2.31. The Labute approximate surface area is 123 Å². The lowest BCUT2D eigenvalue weighted by atomic mass is 9.96. The summed E-state index contributed by atoms with van der Waals surface area (Å²) >= 11 is 1.59. The standard InChI is InChI=1S/C16H19NO2S/c1-3-9-19-13-7-4-6-12(11-13)15(16(18)17-2)14-8-5-10-20-14/h4-8,10-11,15H,3,9H2,1-2H3,(H,17,18). The third-order valence-corrected chi connectivity index (χ3v) is 3.94. The van der Waals surface area contributed by atoms with Gasteiger partial charge in [0, 0.05) is 11.9 Å². The van der Waals surface area contributed by atoms with Crippen molar-refractivity contribution >= 4 is 17.2 Å². The van der Waals surface area contributed by atoms with Crippen molar-refractivity contribution < 1.29 is 9.53 Å². The van der Waals surface area contributed by atoms with Crippen LogP contribution in [0.25, 0.3) is 0 Å². The number of likely N-dealkylation sites (N-methyl/N-ethyl adjacent to an activating group) is 1. The number of rotatable bonds is 6. The molecule has 0 saturated heterocycles. The summed E-state index contributed by atoms with van der Waals surface area (Å²) in [7, 11) is 1.67. The zero-order valence-corrected chi connectivity index (χ0v) is 12.6. The zero-order chi connectivity index (χ0) is 14.4. The number of hydrogen-bond acceptors (Lipinski definition) is 3. The van der Waals surface area contributed by atoms with Crippen molar-refractivity contribution in [1.29, 1.82) is 0 Å². The van der Waals surface area contributed by atoms with Crippen molar-refractivity contribution in [3.8, 4) is 5.75 Å². The van der Waals surface area contributed by atoms with Gasteiger partial charge >= 0.3 is 0 Å². The smallest absolute Gasteiger partial charge is 0.232 e. The number of amides is 1. The van der Waals surface area contributed by atoms with E-state index in [1.165, 1.54) is 0 Å². The molecule has 0 aliphatic rings. The van der Waals surface area contributed by atoms with Crippen LogP contribution in [-0.2, 0) is 4.79 Å². The summed E-state index contributed by atoms with van der Waals surface area (Å²) in [6.07, 6.45) is 0.966. The minimum absolute atomic E-state index is 0.0000847. The minimum atomic E-state index is -0.273. The molecule has 2 rings (SSSR count). The number of thiophene rings is 1. The maximum atomic E-state index is 12.2. The van der Waals surface area contributed by atoms with E-state index >= 15 is 0 Å². The van der Waals surface area contributed by atoms with Crippen LogP contribution < -0.4 is 10.1 Å². The van der Waals surface area contributed by atoms with Crippen LogP contribution in [0.1, 0.15) is 29.7 Å². The molecule has 1 atom stereocenters. The number of carbonyl (C=O) groups is 1. The van der Waals surface area contributed by atoms with E-state index in [9.17, 15) is 4.79 Å². The number of ether oxygens (including phenoxy) is 1. The Morgan fingerprint density at radius 1 is 1.35 bits per heavy atom. The molecule has 2 aromatic rings. The number of nitrogens with one attached hydrogen (secondary N) is 1. The molecule has 0 aliphatic carbocycles. The third-order valence-electron chi connectivity index (χ3n) is 3.00. The zero-order valence-electron chi connectivity index (χ0n) is 11.8. The molecule has 0 aliphatic heterocycles. The van der Waals surface area contributed by atoms with Gasteiger partial charge in [0.05, 0.1) is 12.5 Å². The van der Waals surface area contributed by atoms with E-state index in [4.69, 9.17) is 4.74 Å². The molecule has 0 spiro atoms. The van der Waals surface area contributed by atoms with Crippen LogP contribution in [0.5, 0.6) is 5.75 Å². The van der Waals surface area contributed by atoms with Gasteiger partial charge in [0.15, 0.2) is 0 Å². The summed E-state index contributed by atoms with van der Waals surface area (Å²) in [5.74, 6) is 0.542. The average Bonchev–Trinajstić information content (AvgIpc) is 2.99. The molecule has 4 heteroatoms. The SMILES string of the molecule is CCCOc1cccc(C(C(=O)NC)c2cccs2)c1. The molecule has 1 heterocycles. The normalized spacial score (nSPS) is 11.9. The second kappa shape index (κ2) is 7.10. The predicted octanol–water partition coefficient (Wildman–Crippen LogP) is 3.41. The van der Waals surface area contributed by atoms with Gasteiger partial charge in [-0.1, -0.05) is 25.1 Å². The Kier molecular flexibility index (Phi) is 5.18. The maximum Gasteiger partial charge on any atom is 0.232 e. The van der Waals surface area contributed by atoms with Crippen LogP contribution in [0.2, 0.25) is 0 Å². The van der Waals surface area contributed by atoms with Crippen LogP contribution in [0.15, 0.2) is 41.8 Å². The highest BCUT2D eigenvalue weighted by molar-refractivity contribution is 7.10. The van der Waals surface area contributed by atoms with Crippen molar-refractivity contribution in [3.63, 3.8) is 0 Å². The Hall–Kier alpha value is -1.81. The highest BCUT2D eigenvalue weighted by Gasteiger charge is 2.23. The van der Waals surface area contributed by atoms with E-state index in [0.717, 1.165) is 22.6 Å². The van der Waals surface area contributed by atoms with Gasteiger partial charge in [0.1, 0.15) is 5.75 Å². The van der Waals surface area contributed by atoms with Crippen molar-refractivity contribution in [3.05, 3.63) is 52.2 Å². The molecule has 106 valence electrons. The lowest BCUT2D eigenvalue weighted by Crippen LogP contribution is -2.26. The summed E-state index contributed by atoms with van der Waals surface area (Å²) in [5, 5.41) is 4.73. The number of hydrogen-bond donors (Lipinski definition) is 1. The molecule has 1 aromatic carbocycles. The quantitative estimate of drug-likeness (QED) is 0.885. The fraction of sp³-hybridized carbons (Fsp3) is 0.312. The van der Waals surface area contributed by atoms with Crippen molar-refractivity contribution in [1.82, 2.24) is 5.32 Å². The van der Waals surface area contributed by atoms with E-state index < -0.39 is 0 Å². The molecule has 3 nitrogen and oxygen atoms in total. The first-order chi connectivity index (χ1) is 9.76. The third kappa shape index (κ3) is 3.39. The first-order valence-corrected chi connectivity index (χ1v) is 7.62. The maximum absolute atomic E-state index is 12.2. The van der Waals surface area contributed by atoms with Crippen molar-refractivity contribution in [2.24, 2.45) is 0 Å². The molecular weight excluding hydrogens is 270 g/mol. The van der Waals surface area contributed by atoms with E-state index in [1.807, 2.05) is 41.8 Å². The second-order valence-electron chi connectivity index (χ2n) is 4.48. The lowest BCUT2D eigenvalue weighted by molar-refractivity contribution is -0.121. The molecule has 0 radical (unpaired) electrons. The van der Waals surface area contributed by atoms with Gasteiger partial charge < -0.3 is 10.1 Å². The largest absolute Gasteiger partial charge is 0.494 e. The van der Waals surface area contributed by atoms with Gasteiger partial charge in [-0.05, 0) is 35.6 Å². The highest BCUT2D eigenvalue weighted by Crippen LogP contribution is 2.30. The molecular formula is C16H19NO2S. The van der Waals surface area contributed by atoms with E-state index in [-0.39, 0.29) is 11.8 Å². The van der Waals surface area contributed by atoms with Crippen LogP contribution in [0.4, 0.5) is 0 Å². The molecule has 1 N–H and O–H groups in total. The van der Waals surface area contributed by atoms with Gasteiger partial charge in [-0.3, -0.25) is 4.79 Å². The van der Waals surface area contributed by atoms with Gasteiger partial charge in [-0.25, -0.2) is 0 Å². The molecule has 20 heavy (non-hydrogen) atoms. The van der Waals surface area contributed by atoms with Gasteiger partial charge in [-0.15, -0.1) is 11.3 Å². The van der Waals surface area contributed by atoms with Gasteiger partial charge in [-0.2, -0.15) is 0 Å². The van der Waals surface area contributed by atoms with Crippen LogP contribution >= 0.6 is 11.3 Å². The Bertz CT molecular complexity index is 551. The fourth-order valence-electron chi connectivity index (χ4n) is 2.05. The van der Waals surface area contributed by atoms with Crippen molar-refractivity contribution in [2.75, 3.05) is 13.7 Å². The predicted molar refractivity (Wildman–Crippen MR) is 82.5 cm³/mol. The molecule has 0 bridgehead atoms. The molecule has 1 unspecified atom stereocenters. The first kappa shape index (κ1) is 14.6. The minimum Gasteiger partial charge on any atom is -0.494 e. The molecule has 1 amide bonds. The van der Waals surface area contributed by atoms with E-state index in [0.29, 0.717) is 6.61 Å². The molecule has 1 aromatic heterocycles. The molecule has 0 fully saturated rings. The van der Waals surface area contributed by atoms with Gasteiger partial charge in [0.2, 0.25) is 5.91 Å².